The average molecular weight is 273 g/mol. The van der Waals surface area contributed by atoms with Gasteiger partial charge in [-0.1, -0.05) is 29.4 Å². The van der Waals surface area contributed by atoms with E-state index in [1.807, 2.05) is 0 Å². The Bertz CT molecular complexity index is 627. The molecule has 0 heterocycles. The van der Waals surface area contributed by atoms with Crippen LogP contribution in [0.5, 0.6) is 0 Å². The Balaban J connectivity index is 2.47. The summed E-state index contributed by atoms with van der Waals surface area (Å²) in [6.45, 7) is 5.09. The van der Waals surface area contributed by atoms with Gasteiger partial charge < -0.3 is 4.74 Å². The van der Waals surface area contributed by atoms with Crippen molar-refractivity contribution in [3.8, 4) is 0 Å². The molecule has 1 aliphatic rings. The number of carbonyl (C=O) groups is 2. The molecule has 104 valence electrons. The molecule has 6 heteroatoms. The number of azide groups is 1. The van der Waals surface area contributed by atoms with Crippen molar-refractivity contribution < 1.29 is 14.3 Å². The molecule has 0 spiro atoms. The van der Waals surface area contributed by atoms with Gasteiger partial charge in [-0.3, -0.25) is 9.59 Å². The number of nitrogens with zero attached hydrogens (tertiary/aromatic N) is 3. The van der Waals surface area contributed by atoms with Gasteiger partial charge in [-0.2, -0.15) is 0 Å². The Labute approximate surface area is 116 Å². The minimum atomic E-state index is -1.81. The normalized spacial score (nSPS) is 21.1. The highest BCUT2D eigenvalue weighted by atomic mass is 16.6. The van der Waals surface area contributed by atoms with Crippen molar-refractivity contribution in [1.82, 2.24) is 0 Å². The van der Waals surface area contributed by atoms with Crippen LogP contribution in [-0.4, -0.2) is 22.9 Å². The number of ether oxygens (including phenoxy) is 1. The highest BCUT2D eigenvalue weighted by Gasteiger charge is 2.53. The molecule has 0 saturated carbocycles. The molecular weight excluding hydrogens is 258 g/mol. The van der Waals surface area contributed by atoms with E-state index in [9.17, 15) is 9.59 Å². The van der Waals surface area contributed by atoms with Crippen LogP contribution in [0.2, 0.25) is 0 Å². The Morgan fingerprint density at radius 2 is 2.05 bits per heavy atom. The summed E-state index contributed by atoms with van der Waals surface area (Å²) in [7, 11) is 0. The Kier molecular flexibility index (Phi) is 3.28. The first kappa shape index (κ1) is 14.1. The summed E-state index contributed by atoms with van der Waals surface area (Å²) in [6, 6.07) is 6.84. The molecule has 1 atom stereocenters. The number of Topliss-reactive ketones (excluding diaryl/α,β-unsaturated/α-hetero) is 1. The summed E-state index contributed by atoms with van der Waals surface area (Å²) in [5.74, 6) is -1.30. The van der Waals surface area contributed by atoms with E-state index in [1.54, 1.807) is 45.0 Å². The van der Waals surface area contributed by atoms with Gasteiger partial charge >= 0.3 is 5.97 Å². The van der Waals surface area contributed by atoms with Gasteiger partial charge in [0, 0.05) is 16.9 Å². The number of ketones is 1. The zero-order valence-corrected chi connectivity index (χ0v) is 11.6. The second kappa shape index (κ2) is 4.65. The molecule has 1 aromatic carbocycles. The Morgan fingerprint density at radius 3 is 2.60 bits per heavy atom. The van der Waals surface area contributed by atoms with Crippen molar-refractivity contribution in [1.29, 1.82) is 0 Å². The molecule has 1 aliphatic carbocycles. The molecule has 0 fully saturated rings. The quantitative estimate of drug-likeness (QED) is 0.272. The summed E-state index contributed by atoms with van der Waals surface area (Å²) < 4.78 is 5.25. The molecule has 0 N–H and O–H groups in total. The lowest BCUT2D eigenvalue weighted by molar-refractivity contribution is -0.159. The minimum absolute atomic E-state index is 0.0426. The predicted molar refractivity (Wildman–Crippen MR) is 72.2 cm³/mol. The third kappa shape index (κ3) is 2.26. The fourth-order valence-electron chi connectivity index (χ4n) is 2.20. The lowest BCUT2D eigenvalue weighted by Gasteiger charge is -2.26. The van der Waals surface area contributed by atoms with Crippen molar-refractivity contribution in [2.75, 3.05) is 0 Å². The number of carbonyl (C=O) groups excluding carboxylic acids is 2. The molecule has 2 rings (SSSR count). The van der Waals surface area contributed by atoms with Crippen LogP contribution in [0.4, 0.5) is 0 Å². The van der Waals surface area contributed by atoms with E-state index in [0.29, 0.717) is 11.1 Å². The predicted octanol–water partition coefficient (Wildman–Crippen LogP) is 2.82. The molecule has 0 saturated heterocycles. The Morgan fingerprint density at radius 1 is 1.40 bits per heavy atom. The van der Waals surface area contributed by atoms with Crippen LogP contribution in [0.25, 0.3) is 10.4 Å². The lowest BCUT2D eigenvalue weighted by Crippen LogP contribution is -2.46. The molecular formula is C14H15N3O3. The standard InChI is InChI=1S/C14H15N3O3/c1-13(2,3)20-12(19)14(16-17-15)8-9-6-4-5-7-10(9)11(14)18/h4-7H,8H2,1-3H3/t14-/m1/s1. The van der Waals surface area contributed by atoms with Crippen LogP contribution in [0.3, 0.4) is 0 Å². The molecule has 0 aromatic heterocycles. The molecule has 0 unspecified atom stereocenters. The van der Waals surface area contributed by atoms with E-state index in [2.05, 4.69) is 10.0 Å². The van der Waals surface area contributed by atoms with E-state index < -0.39 is 22.9 Å². The molecule has 6 nitrogen and oxygen atoms in total. The van der Waals surface area contributed by atoms with E-state index >= 15 is 0 Å². The molecule has 0 bridgehead atoms. The van der Waals surface area contributed by atoms with Crippen molar-refractivity contribution in [2.24, 2.45) is 5.11 Å². The maximum absolute atomic E-state index is 12.5. The summed E-state index contributed by atoms with van der Waals surface area (Å²) in [5.41, 5.74) is 7.26. The molecule has 0 radical (unpaired) electrons. The lowest BCUT2D eigenvalue weighted by atomic mass is 9.95. The highest BCUT2D eigenvalue weighted by molar-refractivity contribution is 6.20. The van der Waals surface area contributed by atoms with E-state index in [4.69, 9.17) is 10.3 Å². The van der Waals surface area contributed by atoms with Crippen molar-refractivity contribution in [2.45, 2.75) is 38.3 Å². The maximum Gasteiger partial charge on any atom is 0.326 e. The molecule has 0 aliphatic heterocycles. The van der Waals surface area contributed by atoms with Crippen LogP contribution in [0.1, 0.15) is 36.7 Å². The first-order chi connectivity index (χ1) is 9.30. The SMILES string of the molecule is CC(C)(C)OC(=O)[C@@]1(N=[N+]=[N-])Cc2ccccc2C1=O. The number of benzene rings is 1. The zero-order chi connectivity index (χ0) is 15.0. The average Bonchev–Trinajstić information content (AvgIpc) is 2.63. The van der Waals surface area contributed by atoms with Gasteiger partial charge in [0.15, 0.2) is 5.78 Å². The number of hydrogen-bond acceptors (Lipinski definition) is 4. The van der Waals surface area contributed by atoms with E-state index in [-0.39, 0.29) is 6.42 Å². The number of rotatable bonds is 2. The van der Waals surface area contributed by atoms with Gasteiger partial charge in [-0.15, -0.1) is 0 Å². The summed E-state index contributed by atoms with van der Waals surface area (Å²) in [4.78, 5) is 27.5. The topological polar surface area (TPSA) is 92.1 Å². The monoisotopic (exact) mass is 273 g/mol. The van der Waals surface area contributed by atoms with Gasteiger partial charge in [0.25, 0.3) is 0 Å². The van der Waals surface area contributed by atoms with Crippen LogP contribution < -0.4 is 0 Å². The van der Waals surface area contributed by atoms with Gasteiger partial charge in [-0.25, -0.2) is 0 Å². The van der Waals surface area contributed by atoms with E-state index in [1.165, 1.54) is 0 Å². The Hall–Kier alpha value is -2.33. The summed E-state index contributed by atoms with van der Waals surface area (Å²) >= 11 is 0. The molecule has 1 aromatic rings. The van der Waals surface area contributed by atoms with Gasteiger partial charge in [0.1, 0.15) is 5.60 Å². The highest BCUT2D eigenvalue weighted by Crippen LogP contribution is 2.35. The van der Waals surface area contributed by atoms with Gasteiger partial charge in [0.05, 0.1) is 0 Å². The third-order valence-electron chi connectivity index (χ3n) is 3.04. The largest absolute Gasteiger partial charge is 0.459 e. The number of esters is 1. The third-order valence-corrected chi connectivity index (χ3v) is 3.04. The van der Waals surface area contributed by atoms with Crippen molar-refractivity contribution >= 4 is 11.8 Å². The number of hydrogen-bond donors (Lipinski definition) is 0. The van der Waals surface area contributed by atoms with Crippen LogP contribution >= 0.6 is 0 Å². The van der Waals surface area contributed by atoms with Crippen LogP contribution in [0.15, 0.2) is 29.4 Å². The summed E-state index contributed by atoms with van der Waals surface area (Å²) in [5, 5.41) is 3.49. The smallest absolute Gasteiger partial charge is 0.326 e. The van der Waals surface area contributed by atoms with Gasteiger partial charge in [0.2, 0.25) is 5.54 Å². The fraction of sp³-hybridized carbons (Fsp3) is 0.429. The van der Waals surface area contributed by atoms with Crippen LogP contribution in [0, 0.1) is 0 Å². The van der Waals surface area contributed by atoms with Crippen molar-refractivity contribution in [3.05, 3.63) is 45.8 Å². The second-order valence-electron chi connectivity index (χ2n) is 5.71. The number of fused-ring (bicyclic) bond motifs is 1. The fourth-order valence-corrected chi connectivity index (χ4v) is 2.20. The maximum atomic E-state index is 12.5. The second-order valence-corrected chi connectivity index (χ2v) is 5.71. The van der Waals surface area contributed by atoms with E-state index in [0.717, 1.165) is 0 Å². The first-order valence-electron chi connectivity index (χ1n) is 6.22. The zero-order valence-electron chi connectivity index (χ0n) is 11.6. The molecule has 0 amide bonds. The van der Waals surface area contributed by atoms with Crippen molar-refractivity contribution in [3.63, 3.8) is 0 Å². The van der Waals surface area contributed by atoms with Crippen LogP contribution in [-0.2, 0) is 16.0 Å². The summed E-state index contributed by atoms with van der Waals surface area (Å²) in [6.07, 6.45) is 0.0426. The van der Waals surface area contributed by atoms with Gasteiger partial charge in [-0.05, 0) is 31.9 Å². The molecule has 20 heavy (non-hydrogen) atoms. The first-order valence-corrected chi connectivity index (χ1v) is 6.22. The minimum Gasteiger partial charge on any atom is -0.459 e.